The van der Waals surface area contributed by atoms with Crippen LogP contribution in [0.4, 0.5) is 0 Å². The Labute approximate surface area is 134 Å². The SMILES string of the molecule is Cc1cccc(CC(C(=O)O)C(C)c2ccc(Br)cc2)c1. The molecule has 0 amide bonds. The predicted octanol–water partition coefficient (Wildman–Crippen LogP) is 4.80. The minimum Gasteiger partial charge on any atom is -0.481 e. The summed E-state index contributed by atoms with van der Waals surface area (Å²) in [4.78, 5) is 11.7. The molecule has 2 atom stereocenters. The van der Waals surface area contributed by atoms with E-state index in [2.05, 4.69) is 22.0 Å². The summed E-state index contributed by atoms with van der Waals surface area (Å²) < 4.78 is 1.00. The Morgan fingerprint density at radius 3 is 2.43 bits per heavy atom. The van der Waals surface area contributed by atoms with E-state index in [1.165, 1.54) is 0 Å². The zero-order valence-electron chi connectivity index (χ0n) is 12.2. The monoisotopic (exact) mass is 346 g/mol. The molecular formula is C18H19BrO2. The summed E-state index contributed by atoms with van der Waals surface area (Å²) in [6, 6.07) is 15.9. The summed E-state index contributed by atoms with van der Waals surface area (Å²) in [5.41, 5.74) is 3.29. The molecule has 2 unspecified atom stereocenters. The third-order valence-corrected chi connectivity index (χ3v) is 4.38. The van der Waals surface area contributed by atoms with Crippen LogP contribution in [-0.2, 0) is 11.2 Å². The van der Waals surface area contributed by atoms with Gasteiger partial charge in [-0.25, -0.2) is 0 Å². The molecule has 0 aliphatic carbocycles. The van der Waals surface area contributed by atoms with Gasteiger partial charge in [0.2, 0.25) is 0 Å². The summed E-state index contributed by atoms with van der Waals surface area (Å²) >= 11 is 3.41. The van der Waals surface area contributed by atoms with Crippen LogP contribution in [0, 0.1) is 12.8 Å². The number of carboxylic acid groups (broad SMARTS) is 1. The maximum absolute atomic E-state index is 11.7. The average Bonchev–Trinajstić information content (AvgIpc) is 2.44. The molecule has 0 fully saturated rings. The first-order valence-electron chi connectivity index (χ1n) is 7.01. The van der Waals surface area contributed by atoms with Gasteiger partial charge in [-0.2, -0.15) is 0 Å². The van der Waals surface area contributed by atoms with Crippen LogP contribution in [0.5, 0.6) is 0 Å². The van der Waals surface area contributed by atoms with E-state index in [0.717, 1.165) is 21.2 Å². The summed E-state index contributed by atoms with van der Waals surface area (Å²) in [5.74, 6) is -1.20. The molecule has 110 valence electrons. The highest BCUT2D eigenvalue weighted by atomic mass is 79.9. The fraction of sp³-hybridized carbons (Fsp3) is 0.278. The number of carbonyl (C=O) groups is 1. The van der Waals surface area contributed by atoms with Crippen LogP contribution in [0.25, 0.3) is 0 Å². The number of hydrogen-bond donors (Lipinski definition) is 1. The Balaban J connectivity index is 2.22. The fourth-order valence-electron chi connectivity index (χ4n) is 2.57. The van der Waals surface area contributed by atoms with Gasteiger partial charge in [0.15, 0.2) is 0 Å². The molecule has 1 N–H and O–H groups in total. The molecule has 0 heterocycles. The molecule has 2 aromatic rings. The van der Waals surface area contributed by atoms with Gasteiger partial charge < -0.3 is 5.11 Å². The van der Waals surface area contributed by atoms with E-state index >= 15 is 0 Å². The molecule has 21 heavy (non-hydrogen) atoms. The van der Waals surface area contributed by atoms with Crippen molar-refractivity contribution in [3.8, 4) is 0 Å². The molecule has 0 radical (unpaired) electrons. The Morgan fingerprint density at radius 1 is 1.19 bits per heavy atom. The van der Waals surface area contributed by atoms with Gasteiger partial charge in [-0.1, -0.05) is 64.8 Å². The number of benzene rings is 2. The van der Waals surface area contributed by atoms with E-state index in [0.29, 0.717) is 6.42 Å². The van der Waals surface area contributed by atoms with E-state index in [-0.39, 0.29) is 5.92 Å². The maximum Gasteiger partial charge on any atom is 0.307 e. The van der Waals surface area contributed by atoms with Crippen molar-refractivity contribution in [2.45, 2.75) is 26.2 Å². The number of carboxylic acids is 1. The van der Waals surface area contributed by atoms with Crippen molar-refractivity contribution in [3.05, 3.63) is 69.7 Å². The molecule has 2 rings (SSSR count). The lowest BCUT2D eigenvalue weighted by atomic mass is 9.83. The van der Waals surface area contributed by atoms with Crippen molar-refractivity contribution in [2.24, 2.45) is 5.92 Å². The molecule has 0 aliphatic rings. The summed E-state index contributed by atoms with van der Waals surface area (Å²) in [7, 11) is 0. The normalized spacial score (nSPS) is 13.7. The van der Waals surface area contributed by atoms with Crippen LogP contribution in [0.3, 0.4) is 0 Å². The van der Waals surface area contributed by atoms with Crippen molar-refractivity contribution < 1.29 is 9.90 Å². The highest BCUT2D eigenvalue weighted by Crippen LogP contribution is 2.28. The number of aryl methyl sites for hydroxylation is 1. The van der Waals surface area contributed by atoms with Crippen molar-refractivity contribution in [1.82, 2.24) is 0 Å². The minimum absolute atomic E-state index is 0.0314. The van der Waals surface area contributed by atoms with Crippen LogP contribution >= 0.6 is 15.9 Å². The average molecular weight is 347 g/mol. The van der Waals surface area contributed by atoms with Crippen molar-refractivity contribution >= 4 is 21.9 Å². The minimum atomic E-state index is -0.744. The molecule has 0 aromatic heterocycles. The Bertz CT molecular complexity index is 619. The molecule has 0 saturated carbocycles. The van der Waals surface area contributed by atoms with E-state index in [1.807, 2.05) is 56.3 Å². The Morgan fingerprint density at radius 2 is 1.86 bits per heavy atom. The van der Waals surface area contributed by atoms with Crippen LogP contribution in [0.1, 0.15) is 29.5 Å². The molecule has 0 saturated heterocycles. The fourth-order valence-corrected chi connectivity index (χ4v) is 2.83. The van der Waals surface area contributed by atoms with Crippen LogP contribution in [0.2, 0.25) is 0 Å². The van der Waals surface area contributed by atoms with Gasteiger partial charge in [0.25, 0.3) is 0 Å². The third-order valence-electron chi connectivity index (χ3n) is 3.85. The maximum atomic E-state index is 11.7. The smallest absolute Gasteiger partial charge is 0.307 e. The lowest BCUT2D eigenvalue weighted by Gasteiger charge is -2.21. The lowest BCUT2D eigenvalue weighted by Crippen LogP contribution is -2.22. The second-order valence-electron chi connectivity index (χ2n) is 5.48. The first kappa shape index (κ1) is 15.8. The second-order valence-corrected chi connectivity index (χ2v) is 6.39. The van der Waals surface area contributed by atoms with Gasteiger partial charge in [-0.3, -0.25) is 4.79 Å². The molecule has 0 spiro atoms. The lowest BCUT2D eigenvalue weighted by molar-refractivity contribution is -0.142. The van der Waals surface area contributed by atoms with Crippen molar-refractivity contribution in [1.29, 1.82) is 0 Å². The standard InChI is InChI=1S/C18H19BrO2/c1-12-4-3-5-14(10-12)11-17(18(20)21)13(2)15-6-8-16(19)9-7-15/h3-10,13,17H,11H2,1-2H3,(H,20,21). The van der Waals surface area contributed by atoms with Gasteiger partial charge in [0, 0.05) is 4.47 Å². The van der Waals surface area contributed by atoms with Crippen LogP contribution in [0.15, 0.2) is 53.0 Å². The summed E-state index contributed by atoms with van der Waals surface area (Å²) in [6.07, 6.45) is 0.550. The first-order chi connectivity index (χ1) is 9.97. The summed E-state index contributed by atoms with van der Waals surface area (Å²) in [6.45, 7) is 4.01. The first-order valence-corrected chi connectivity index (χ1v) is 7.80. The second kappa shape index (κ2) is 6.90. The van der Waals surface area contributed by atoms with Gasteiger partial charge in [0.05, 0.1) is 5.92 Å². The molecule has 2 aromatic carbocycles. The number of aliphatic carboxylic acids is 1. The Kier molecular flexibility index (Phi) is 5.18. The highest BCUT2D eigenvalue weighted by Gasteiger charge is 2.26. The van der Waals surface area contributed by atoms with E-state index in [1.54, 1.807) is 0 Å². The summed E-state index contributed by atoms with van der Waals surface area (Å²) in [5, 5.41) is 9.58. The molecular weight excluding hydrogens is 328 g/mol. The molecule has 0 bridgehead atoms. The van der Waals surface area contributed by atoms with E-state index < -0.39 is 11.9 Å². The van der Waals surface area contributed by atoms with Crippen LogP contribution < -0.4 is 0 Å². The molecule has 3 heteroatoms. The van der Waals surface area contributed by atoms with E-state index in [9.17, 15) is 9.90 Å². The largest absolute Gasteiger partial charge is 0.481 e. The topological polar surface area (TPSA) is 37.3 Å². The quantitative estimate of drug-likeness (QED) is 0.843. The highest BCUT2D eigenvalue weighted by molar-refractivity contribution is 9.10. The molecule has 2 nitrogen and oxygen atoms in total. The van der Waals surface area contributed by atoms with E-state index in [4.69, 9.17) is 0 Å². The zero-order valence-corrected chi connectivity index (χ0v) is 13.8. The van der Waals surface area contributed by atoms with Gasteiger partial charge in [-0.15, -0.1) is 0 Å². The number of rotatable bonds is 5. The van der Waals surface area contributed by atoms with Gasteiger partial charge in [0.1, 0.15) is 0 Å². The van der Waals surface area contributed by atoms with Crippen LogP contribution in [-0.4, -0.2) is 11.1 Å². The number of halogens is 1. The molecule has 0 aliphatic heterocycles. The van der Waals surface area contributed by atoms with Gasteiger partial charge >= 0.3 is 5.97 Å². The zero-order chi connectivity index (χ0) is 15.4. The number of hydrogen-bond acceptors (Lipinski definition) is 1. The predicted molar refractivity (Wildman–Crippen MR) is 88.6 cm³/mol. The van der Waals surface area contributed by atoms with Gasteiger partial charge in [-0.05, 0) is 42.5 Å². The van der Waals surface area contributed by atoms with Crippen molar-refractivity contribution in [2.75, 3.05) is 0 Å². The Hall–Kier alpha value is -1.61. The third kappa shape index (κ3) is 4.18. The van der Waals surface area contributed by atoms with Crippen molar-refractivity contribution in [3.63, 3.8) is 0 Å².